The second-order valence-corrected chi connectivity index (χ2v) is 5.70. The van der Waals surface area contributed by atoms with Crippen LogP contribution in [0.5, 0.6) is 5.75 Å². The maximum atomic E-state index is 12.3. The van der Waals surface area contributed by atoms with E-state index in [1.807, 2.05) is 0 Å². The third-order valence-corrected chi connectivity index (χ3v) is 3.75. The van der Waals surface area contributed by atoms with E-state index >= 15 is 0 Å². The number of amides is 1. The first kappa shape index (κ1) is 19.0. The Kier molecular flexibility index (Phi) is 5.94. The molecule has 1 N–H and O–H groups in total. The zero-order chi connectivity index (χ0) is 19.3. The van der Waals surface area contributed by atoms with Gasteiger partial charge >= 0.3 is 0 Å². The molecular weight excluding hydrogens is 358 g/mol. The summed E-state index contributed by atoms with van der Waals surface area (Å²) in [6, 6.07) is 10.9. The average Bonchev–Trinajstić information content (AvgIpc) is 2.61. The average molecular weight is 372 g/mol. The van der Waals surface area contributed by atoms with Crippen molar-refractivity contribution in [3.63, 3.8) is 0 Å². The molecule has 1 amide bonds. The van der Waals surface area contributed by atoms with Gasteiger partial charge in [0.05, 0.1) is 17.1 Å². The molecule has 2 rings (SSSR count). The van der Waals surface area contributed by atoms with Crippen LogP contribution >= 0.6 is 11.6 Å². The minimum Gasteiger partial charge on any atom is -0.495 e. The lowest BCUT2D eigenvalue weighted by atomic mass is 10.1. The van der Waals surface area contributed by atoms with E-state index in [4.69, 9.17) is 16.3 Å². The number of methoxy groups -OCH3 is 1. The Morgan fingerprint density at radius 3 is 2.65 bits per heavy atom. The van der Waals surface area contributed by atoms with Gasteiger partial charge in [-0.2, -0.15) is 5.26 Å². The lowest BCUT2D eigenvalue weighted by Gasteiger charge is -2.07. The van der Waals surface area contributed by atoms with Crippen LogP contribution in [0.2, 0.25) is 5.02 Å². The first-order chi connectivity index (χ1) is 12.3. The summed E-state index contributed by atoms with van der Waals surface area (Å²) in [6.07, 6.45) is 1.33. The summed E-state index contributed by atoms with van der Waals surface area (Å²) in [4.78, 5) is 22.9. The van der Waals surface area contributed by atoms with Crippen LogP contribution in [0.1, 0.15) is 11.1 Å². The van der Waals surface area contributed by atoms with E-state index in [0.29, 0.717) is 21.9 Å². The summed E-state index contributed by atoms with van der Waals surface area (Å²) >= 11 is 6.02. The standard InChI is InChI=1S/C18H14ClN3O4/c1-11-3-5-15(16(7-11)22(24)25)21-18(23)13(10-20)8-12-4-6-17(26-2)14(19)9-12/h3-9H,1-2H3,(H,21,23). The van der Waals surface area contributed by atoms with Gasteiger partial charge in [-0.3, -0.25) is 14.9 Å². The highest BCUT2D eigenvalue weighted by atomic mass is 35.5. The van der Waals surface area contributed by atoms with Crippen LogP contribution in [0.4, 0.5) is 11.4 Å². The third kappa shape index (κ3) is 4.37. The molecule has 7 nitrogen and oxygen atoms in total. The second kappa shape index (κ2) is 8.14. The highest BCUT2D eigenvalue weighted by molar-refractivity contribution is 6.32. The van der Waals surface area contributed by atoms with E-state index in [1.54, 1.807) is 37.3 Å². The van der Waals surface area contributed by atoms with Gasteiger partial charge in [-0.25, -0.2) is 0 Å². The Morgan fingerprint density at radius 1 is 1.35 bits per heavy atom. The highest BCUT2D eigenvalue weighted by Crippen LogP contribution is 2.27. The van der Waals surface area contributed by atoms with Crippen LogP contribution in [-0.2, 0) is 4.79 Å². The van der Waals surface area contributed by atoms with Gasteiger partial charge in [0.15, 0.2) is 0 Å². The number of anilines is 1. The SMILES string of the molecule is COc1ccc(C=C(C#N)C(=O)Nc2ccc(C)cc2[N+](=O)[O-])cc1Cl. The Labute approximate surface area is 154 Å². The fourth-order valence-electron chi connectivity index (χ4n) is 2.18. The first-order valence-corrected chi connectivity index (χ1v) is 7.75. The lowest BCUT2D eigenvalue weighted by molar-refractivity contribution is -0.384. The molecule has 2 aromatic carbocycles. The van der Waals surface area contributed by atoms with Crippen LogP contribution in [-0.4, -0.2) is 17.9 Å². The molecule has 0 saturated carbocycles. The normalized spacial score (nSPS) is 10.8. The summed E-state index contributed by atoms with van der Waals surface area (Å²) < 4.78 is 5.04. The van der Waals surface area contributed by atoms with Crippen molar-refractivity contribution in [2.24, 2.45) is 0 Å². The summed E-state index contributed by atoms with van der Waals surface area (Å²) in [6.45, 7) is 1.70. The number of nitrogens with zero attached hydrogens (tertiary/aromatic N) is 2. The highest BCUT2D eigenvalue weighted by Gasteiger charge is 2.18. The first-order valence-electron chi connectivity index (χ1n) is 7.37. The quantitative estimate of drug-likeness (QED) is 0.368. The molecule has 0 radical (unpaired) electrons. The minimum atomic E-state index is -0.758. The van der Waals surface area contributed by atoms with E-state index < -0.39 is 10.8 Å². The van der Waals surface area contributed by atoms with Gasteiger partial charge in [0, 0.05) is 6.07 Å². The molecule has 0 aromatic heterocycles. The number of carbonyl (C=O) groups is 1. The molecule has 0 fully saturated rings. The molecule has 0 saturated heterocycles. The molecule has 0 atom stereocenters. The summed E-state index contributed by atoms with van der Waals surface area (Å²) in [5, 5.41) is 23.1. The smallest absolute Gasteiger partial charge is 0.293 e. The van der Waals surface area contributed by atoms with Crippen molar-refractivity contribution in [2.45, 2.75) is 6.92 Å². The predicted octanol–water partition coefficient (Wildman–Crippen LogP) is 4.11. The number of carbonyl (C=O) groups excluding carboxylic acids is 1. The molecule has 0 heterocycles. The third-order valence-electron chi connectivity index (χ3n) is 3.45. The Morgan fingerprint density at radius 2 is 2.08 bits per heavy atom. The van der Waals surface area contributed by atoms with Crippen molar-refractivity contribution >= 4 is 35.0 Å². The Balaban J connectivity index is 2.31. The van der Waals surface area contributed by atoms with Crippen molar-refractivity contribution in [3.05, 3.63) is 68.2 Å². The van der Waals surface area contributed by atoms with Crippen LogP contribution in [0.15, 0.2) is 42.0 Å². The lowest BCUT2D eigenvalue weighted by Crippen LogP contribution is -2.14. The monoisotopic (exact) mass is 371 g/mol. The van der Waals surface area contributed by atoms with E-state index in [9.17, 15) is 20.2 Å². The molecular formula is C18H14ClN3O4. The summed E-state index contributed by atoms with van der Waals surface area (Å²) in [5.41, 5.74) is 0.739. The Hall–Kier alpha value is -3.37. The van der Waals surface area contributed by atoms with Crippen molar-refractivity contribution < 1.29 is 14.5 Å². The number of rotatable bonds is 5. The van der Waals surface area contributed by atoms with Crippen molar-refractivity contribution in [1.82, 2.24) is 0 Å². The largest absolute Gasteiger partial charge is 0.495 e. The number of hydrogen-bond acceptors (Lipinski definition) is 5. The van der Waals surface area contributed by atoms with Crippen LogP contribution in [0, 0.1) is 28.4 Å². The number of nitro groups is 1. The number of hydrogen-bond donors (Lipinski definition) is 1. The van der Waals surface area contributed by atoms with E-state index in [2.05, 4.69) is 5.32 Å². The molecule has 0 aliphatic carbocycles. The number of nitro benzene ring substituents is 1. The maximum absolute atomic E-state index is 12.3. The fourth-order valence-corrected chi connectivity index (χ4v) is 2.44. The van der Waals surface area contributed by atoms with Gasteiger partial charge in [-0.15, -0.1) is 0 Å². The number of nitrogens with one attached hydrogen (secondary N) is 1. The fraction of sp³-hybridized carbons (Fsp3) is 0.111. The molecule has 0 spiro atoms. The number of benzene rings is 2. The molecule has 8 heteroatoms. The van der Waals surface area contributed by atoms with E-state index in [-0.39, 0.29) is 16.9 Å². The van der Waals surface area contributed by atoms with Gasteiger partial charge in [0.25, 0.3) is 11.6 Å². The van der Waals surface area contributed by atoms with Crippen LogP contribution in [0.25, 0.3) is 6.08 Å². The summed E-state index contributed by atoms with van der Waals surface area (Å²) in [5.74, 6) is -0.298. The zero-order valence-corrected chi connectivity index (χ0v) is 14.7. The molecule has 0 aliphatic rings. The molecule has 2 aromatic rings. The van der Waals surface area contributed by atoms with Crippen molar-refractivity contribution in [1.29, 1.82) is 5.26 Å². The maximum Gasteiger partial charge on any atom is 0.293 e. The summed E-state index contributed by atoms with van der Waals surface area (Å²) in [7, 11) is 1.47. The van der Waals surface area contributed by atoms with Crippen molar-refractivity contribution in [2.75, 3.05) is 12.4 Å². The van der Waals surface area contributed by atoms with E-state index in [1.165, 1.54) is 25.3 Å². The Bertz CT molecular complexity index is 948. The topological polar surface area (TPSA) is 105 Å². The van der Waals surface area contributed by atoms with Gasteiger partial charge in [-0.05, 0) is 42.3 Å². The molecule has 132 valence electrons. The predicted molar refractivity (Wildman–Crippen MR) is 98.1 cm³/mol. The number of nitriles is 1. The van der Waals surface area contributed by atoms with Gasteiger partial charge in [0.2, 0.25) is 0 Å². The van der Waals surface area contributed by atoms with Crippen molar-refractivity contribution in [3.8, 4) is 11.8 Å². The van der Waals surface area contributed by atoms with Gasteiger partial charge < -0.3 is 10.1 Å². The van der Waals surface area contributed by atoms with Crippen LogP contribution < -0.4 is 10.1 Å². The minimum absolute atomic E-state index is 0.0134. The zero-order valence-electron chi connectivity index (χ0n) is 13.9. The molecule has 26 heavy (non-hydrogen) atoms. The van der Waals surface area contributed by atoms with Gasteiger partial charge in [0.1, 0.15) is 23.1 Å². The number of aryl methyl sites for hydroxylation is 1. The van der Waals surface area contributed by atoms with Gasteiger partial charge in [-0.1, -0.05) is 23.7 Å². The molecule has 0 bridgehead atoms. The van der Waals surface area contributed by atoms with Crippen LogP contribution in [0.3, 0.4) is 0 Å². The molecule has 0 aliphatic heterocycles. The molecule has 0 unspecified atom stereocenters. The number of ether oxygens (including phenoxy) is 1. The second-order valence-electron chi connectivity index (χ2n) is 5.30. The van der Waals surface area contributed by atoms with E-state index in [0.717, 1.165) is 0 Å². The number of halogens is 1.